The molecule has 0 saturated carbocycles. The summed E-state index contributed by atoms with van der Waals surface area (Å²) in [6, 6.07) is 3.48. The Morgan fingerprint density at radius 2 is 2.20 bits per heavy atom. The molecule has 0 fully saturated rings. The Labute approximate surface area is 116 Å². The summed E-state index contributed by atoms with van der Waals surface area (Å²) < 4.78 is 13.1. The van der Waals surface area contributed by atoms with Crippen molar-refractivity contribution in [1.82, 2.24) is 4.98 Å². The number of carboxylic acid groups (broad SMARTS) is 1. The van der Waals surface area contributed by atoms with Gasteiger partial charge in [0.25, 0.3) is 0 Å². The summed E-state index contributed by atoms with van der Waals surface area (Å²) in [7, 11) is 0. The molecule has 6 nitrogen and oxygen atoms in total. The highest BCUT2D eigenvalue weighted by Crippen LogP contribution is 2.21. The number of carboxylic acids is 1. The molecular weight excluding hydrogens is 287 g/mol. The van der Waals surface area contributed by atoms with Gasteiger partial charge in [-0.3, -0.25) is 10.1 Å². The average molecular weight is 294 g/mol. The second kappa shape index (κ2) is 5.57. The van der Waals surface area contributed by atoms with Crippen LogP contribution in [0.1, 0.15) is 20.2 Å². The maximum atomic E-state index is 13.1. The molecule has 102 valence electrons. The molecule has 8 heteroatoms. The molecule has 1 N–H and O–H groups in total. The molecule has 0 radical (unpaired) electrons. The molecular formula is C12H7FN2O4S. The van der Waals surface area contributed by atoms with Crippen LogP contribution in [0.5, 0.6) is 0 Å². The lowest BCUT2D eigenvalue weighted by Crippen LogP contribution is -1.92. The van der Waals surface area contributed by atoms with Crippen molar-refractivity contribution in [1.29, 1.82) is 0 Å². The highest BCUT2D eigenvalue weighted by molar-refractivity contribution is 7.14. The highest BCUT2D eigenvalue weighted by Gasteiger charge is 2.13. The molecule has 1 heterocycles. The van der Waals surface area contributed by atoms with Gasteiger partial charge in [0, 0.05) is 6.07 Å². The van der Waals surface area contributed by atoms with E-state index >= 15 is 0 Å². The molecule has 20 heavy (non-hydrogen) atoms. The third-order valence-electron chi connectivity index (χ3n) is 2.32. The number of halogens is 1. The number of aromatic nitrogens is 1. The molecule has 1 aromatic carbocycles. The van der Waals surface area contributed by atoms with E-state index in [0.29, 0.717) is 10.6 Å². The summed E-state index contributed by atoms with van der Waals surface area (Å²) in [5, 5.41) is 19.8. The fraction of sp³-hybridized carbons (Fsp3) is 0. The van der Waals surface area contributed by atoms with Gasteiger partial charge >= 0.3 is 11.7 Å². The number of thiazole rings is 1. The molecule has 2 rings (SSSR count). The zero-order chi connectivity index (χ0) is 14.7. The van der Waals surface area contributed by atoms with E-state index in [9.17, 15) is 19.3 Å². The molecule has 2 aromatic rings. The fourth-order valence-electron chi connectivity index (χ4n) is 1.40. The van der Waals surface area contributed by atoms with Crippen LogP contribution in [0, 0.1) is 15.9 Å². The van der Waals surface area contributed by atoms with Crippen molar-refractivity contribution < 1.29 is 19.2 Å². The van der Waals surface area contributed by atoms with Crippen molar-refractivity contribution in [2.45, 2.75) is 0 Å². The minimum atomic E-state index is -1.07. The van der Waals surface area contributed by atoms with Gasteiger partial charge in [0.1, 0.15) is 9.88 Å². The van der Waals surface area contributed by atoms with Crippen LogP contribution in [0.4, 0.5) is 10.1 Å². The summed E-state index contributed by atoms with van der Waals surface area (Å²) in [5.74, 6) is -1.98. The summed E-state index contributed by atoms with van der Waals surface area (Å²) in [4.78, 5) is 24.4. The second-order valence-electron chi connectivity index (χ2n) is 3.67. The molecule has 0 saturated heterocycles. The third-order valence-corrected chi connectivity index (χ3v) is 3.27. The number of aromatic carboxylic acids is 1. The van der Waals surface area contributed by atoms with E-state index in [-0.39, 0.29) is 4.88 Å². The van der Waals surface area contributed by atoms with Crippen LogP contribution in [0.2, 0.25) is 0 Å². The van der Waals surface area contributed by atoms with Crippen molar-refractivity contribution in [2.75, 3.05) is 0 Å². The van der Waals surface area contributed by atoms with Crippen molar-refractivity contribution >= 4 is 35.1 Å². The zero-order valence-electron chi connectivity index (χ0n) is 9.82. The Bertz CT molecular complexity index is 711. The molecule has 0 spiro atoms. The van der Waals surface area contributed by atoms with Gasteiger partial charge in [-0.15, -0.1) is 11.3 Å². The van der Waals surface area contributed by atoms with E-state index in [2.05, 4.69) is 4.98 Å². The quantitative estimate of drug-likeness (QED) is 0.691. The molecule has 0 aliphatic heterocycles. The normalized spacial score (nSPS) is 10.8. The van der Waals surface area contributed by atoms with Crippen molar-refractivity contribution in [3.63, 3.8) is 0 Å². The number of nitro groups is 1. The van der Waals surface area contributed by atoms with Gasteiger partial charge in [0.15, 0.2) is 0 Å². The van der Waals surface area contributed by atoms with Crippen LogP contribution in [0.3, 0.4) is 0 Å². The first-order valence-corrected chi connectivity index (χ1v) is 6.10. The van der Waals surface area contributed by atoms with E-state index in [1.807, 2.05) is 0 Å². The lowest BCUT2D eigenvalue weighted by atomic mass is 10.2. The molecule has 1 aromatic heterocycles. The number of hydrogen-bond donors (Lipinski definition) is 1. The largest absolute Gasteiger partial charge is 0.477 e. The Morgan fingerprint density at radius 1 is 1.45 bits per heavy atom. The molecule has 0 bridgehead atoms. The first-order valence-electron chi connectivity index (χ1n) is 5.28. The Hall–Kier alpha value is -2.61. The van der Waals surface area contributed by atoms with Crippen LogP contribution >= 0.6 is 11.3 Å². The number of hydrogen-bond acceptors (Lipinski definition) is 5. The lowest BCUT2D eigenvalue weighted by molar-refractivity contribution is -0.387. The van der Waals surface area contributed by atoms with Crippen molar-refractivity contribution in [2.24, 2.45) is 0 Å². The van der Waals surface area contributed by atoms with Gasteiger partial charge in [0.05, 0.1) is 11.1 Å². The number of nitro benzene ring substituents is 1. The number of rotatable bonds is 4. The topological polar surface area (TPSA) is 93.3 Å². The smallest absolute Gasteiger partial charge is 0.347 e. The van der Waals surface area contributed by atoms with Crippen LogP contribution < -0.4 is 0 Å². The Balaban J connectivity index is 2.24. The number of carbonyl (C=O) groups is 1. The second-order valence-corrected chi connectivity index (χ2v) is 4.73. The Morgan fingerprint density at radius 3 is 2.80 bits per heavy atom. The maximum absolute atomic E-state index is 13.1. The van der Waals surface area contributed by atoms with Crippen LogP contribution in [0.15, 0.2) is 24.4 Å². The van der Waals surface area contributed by atoms with E-state index in [1.165, 1.54) is 24.4 Å². The summed E-state index contributed by atoms with van der Waals surface area (Å²) in [5.41, 5.74) is -0.192. The molecule has 0 aliphatic rings. The maximum Gasteiger partial charge on any atom is 0.347 e. The van der Waals surface area contributed by atoms with Crippen LogP contribution in [-0.2, 0) is 0 Å². The molecule has 0 unspecified atom stereocenters. The van der Waals surface area contributed by atoms with Gasteiger partial charge in [-0.1, -0.05) is 12.1 Å². The van der Waals surface area contributed by atoms with E-state index in [0.717, 1.165) is 23.5 Å². The predicted molar refractivity (Wildman–Crippen MR) is 71.1 cm³/mol. The molecule has 0 aliphatic carbocycles. The first kappa shape index (κ1) is 13.8. The number of benzene rings is 1. The summed E-state index contributed by atoms with van der Waals surface area (Å²) >= 11 is 0.968. The lowest BCUT2D eigenvalue weighted by Gasteiger charge is -1.95. The third kappa shape index (κ3) is 3.04. The Kier molecular flexibility index (Phi) is 3.85. The van der Waals surface area contributed by atoms with Crippen molar-refractivity contribution in [3.05, 3.63) is 55.8 Å². The minimum Gasteiger partial charge on any atom is -0.477 e. The monoisotopic (exact) mass is 294 g/mol. The first-order chi connectivity index (χ1) is 9.47. The fourth-order valence-corrected chi connectivity index (χ4v) is 2.06. The predicted octanol–water partition coefficient (Wildman–Crippen LogP) is 3.06. The summed E-state index contributed by atoms with van der Waals surface area (Å²) in [6.45, 7) is 0. The molecule has 0 atom stereocenters. The van der Waals surface area contributed by atoms with Gasteiger partial charge in [-0.25, -0.2) is 9.78 Å². The van der Waals surface area contributed by atoms with Crippen LogP contribution in [0.25, 0.3) is 12.2 Å². The van der Waals surface area contributed by atoms with E-state index in [4.69, 9.17) is 5.11 Å². The van der Waals surface area contributed by atoms with Gasteiger partial charge in [0.2, 0.25) is 5.82 Å². The van der Waals surface area contributed by atoms with Gasteiger partial charge < -0.3 is 5.11 Å². The van der Waals surface area contributed by atoms with E-state index < -0.39 is 22.4 Å². The number of nitrogens with zero attached hydrogens (tertiary/aromatic N) is 2. The zero-order valence-corrected chi connectivity index (χ0v) is 10.6. The average Bonchev–Trinajstić information content (AvgIpc) is 2.86. The van der Waals surface area contributed by atoms with Crippen LogP contribution in [-0.4, -0.2) is 21.0 Å². The summed E-state index contributed by atoms with van der Waals surface area (Å²) in [6.07, 6.45) is 4.23. The van der Waals surface area contributed by atoms with Gasteiger partial charge in [-0.2, -0.15) is 4.39 Å². The standard InChI is InChI=1S/C12H7FN2O4S/c13-8-3-1-7(5-9(8)15(18)19)2-4-11-14-6-10(20-11)12(16)17/h1-6H,(H,16,17). The minimum absolute atomic E-state index is 0.0923. The van der Waals surface area contributed by atoms with E-state index in [1.54, 1.807) is 0 Å². The van der Waals surface area contributed by atoms with Gasteiger partial charge in [-0.05, 0) is 17.7 Å². The van der Waals surface area contributed by atoms with Crippen molar-refractivity contribution in [3.8, 4) is 0 Å². The molecule has 0 amide bonds. The highest BCUT2D eigenvalue weighted by atomic mass is 32.1. The SMILES string of the molecule is O=C(O)c1cnc(C=Cc2ccc(F)c([N+](=O)[O-])c2)s1.